The van der Waals surface area contributed by atoms with Crippen molar-refractivity contribution < 1.29 is 4.74 Å². The van der Waals surface area contributed by atoms with Gasteiger partial charge < -0.3 is 9.30 Å². The number of fused-ring (bicyclic) bond motifs is 1. The van der Waals surface area contributed by atoms with E-state index < -0.39 is 0 Å². The van der Waals surface area contributed by atoms with Crippen molar-refractivity contribution in [3.63, 3.8) is 0 Å². The van der Waals surface area contributed by atoms with Gasteiger partial charge in [-0.3, -0.25) is 4.90 Å². The van der Waals surface area contributed by atoms with Crippen LogP contribution in [-0.4, -0.2) is 38.9 Å². The highest BCUT2D eigenvalue weighted by Gasteiger charge is 2.29. The summed E-state index contributed by atoms with van der Waals surface area (Å²) in [5.74, 6) is 2.23. The van der Waals surface area contributed by atoms with Crippen LogP contribution in [0.1, 0.15) is 43.1 Å². The molecule has 24 heavy (non-hydrogen) atoms. The molecule has 0 unspecified atom stereocenters. The van der Waals surface area contributed by atoms with Crippen LogP contribution in [-0.2, 0) is 24.2 Å². The van der Waals surface area contributed by atoms with Gasteiger partial charge in [0, 0.05) is 30.6 Å². The number of ether oxygens (including phenoxy) is 1. The lowest BCUT2D eigenvalue weighted by Crippen LogP contribution is -2.45. The minimum Gasteiger partial charge on any atom is -0.371 e. The minimum absolute atomic E-state index is 0.0589. The van der Waals surface area contributed by atoms with Gasteiger partial charge in [0.2, 0.25) is 0 Å². The summed E-state index contributed by atoms with van der Waals surface area (Å²) in [6.45, 7) is 5.66. The molecule has 6 heteroatoms. The third-order valence-electron chi connectivity index (χ3n) is 5.06. The number of rotatable bonds is 3. The molecule has 0 spiro atoms. The Balaban J connectivity index is 1.50. The fraction of sp³-hybridized carbons (Fsp3) is 0.556. The second-order valence-corrected chi connectivity index (χ2v) is 7.23. The van der Waals surface area contributed by atoms with Crippen LogP contribution >= 0.6 is 11.6 Å². The summed E-state index contributed by atoms with van der Waals surface area (Å²) in [4.78, 5) is 2.45. The lowest BCUT2D eigenvalue weighted by Gasteiger charge is -2.38. The lowest BCUT2D eigenvalue weighted by molar-refractivity contribution is -0.0644. The molecule has 0 N–H and O–H groups in total. The van der Waals surface area contributed by atoms with Crippen LogP contribution in [0.15, 0.2) is 24.3 Å². The number of morpholine rings is 1. The van der Waals surface area contributed by atoms with Crippen molar-refractivity contribution in [3.05, 3.63) is 46.5 Å². The van der Waals surface area contributed by atoms with Gasteiger partial charge in [-0.2, -0.15) is 0 Å². The fourth-order valence-electron chi connectivity index (χ4n) is 3.60. The van der Waals surface area contributed by atoms with Crippen molar-refractivity contribution in [2.45, 2.75) is 51.4 Å². The van der Waals surface area contributed by atoms with Gasteiger partial charge in [0.15, 0.2) is 0 Å². The molecule has 4 rings (SSSR count). The van der Waals surface area contributed by atoms with Crippen LogP contribution in [0.2, 0.25) is 5.02 Å². The molecule has 2 aliphatic heterocycles. The molecule has 0 radical (unpaired) electrons. The average molecular weight is 347 g/mol. The Kier molecular flexibility index (Phi) is 4.57. The molecule has 0 saturated carbocycles. The summed E-state index contributed by atoms with van der Waals surface area (Å²) >= 11 is 6.13. The number of nitrogens with zero attached hydrogens (tertiary/aromatic N) is 4. The molecule has 3 heterocycles. The smallest absolute Gasteiger partial charge is 0.147 e. The number of halogens is 1. The summed E-state index contributed by atoms with van der Waals surface area (Å²) in [7, 11) is 0. The summed E-state index contributed by atoms with van der Waals surface area (Å²) in [6, 6.07) is 8.34. The van der Waals surface area contributed by atoms with Crippen molar-refractivity contribution in [2.24, 2.45) is 0 Å². The normalized spacial score (nSPS) is 24.8. The first-order valence-corrected chi connectivity index (χ1v) is 9.10. The first kappa shape index (κ1) is 16.1. The molecule has 0 bridgehead atoms. The van der Waals surface area contributed by atoms with Crippen LogP contribution in [0, 0.1) is 0 Å². The molecule has 2 atom stereocenters. The van der Waals surface area contributed by atoms with E-state index in [9.17, 15) is 0 Å². The van der Waals surface area contributed by atoms with Crippen LogP contribution in [0.4, 0.5) is 0 Å². The van der Waals surface area contributed by atoms with Crippen molar-refractivity contribution >= 4 is 11.6 Å². The maximum absolute atomic E-state index is 6.13. The molecule has 1 saturated heterocycles. The van der Waals surface area contributed by atoms with Crippen LogP contribution in [0.25, 0.3) is 0 Å². The summed E-state index contributed by atoms with van der Waals surface area (Å²) in [5, 5.41) is 9.58. The largest absolute Gasteiger partial charge is 0.371 e. The third kappa shape index (κ3) is 3.21. The predicted octanol–water partition coefficient (Wildman–Crippen LogP) is 3.23. The van der Waals surface area contributed by atoms with Crippen LogP contribution < -0.4 is 0 Å². The molecular weight excluding hydrogens is 324 g/mol. The highest BCUT2D eigenvalue weighted by Crippen LogP contribution is 2.28. The monoisotopic (exact) mass is 346 g/mol. The fourth-order valence-corrected chi connectivity index (χ4v) is 3.80. The maximum atomic E-state index is 6.13. The van der Waals surface area contributed by atoms with E-state index in [2.05, 4.69) is 32.7 Å². The number of hydrogen-bond donors (Lipinski definition) is 0. The van der Waals surface area contributed by atoms with E-state index in [1.165, 1.54) is 12.8 Å². The van der Waals surface area contributed by atoms with E-state index in [1.807, 2.05) is 18.2 Å². The van der Waals surface area contributed by atoms with E-state index in [0.717, 1.165) is 54.9 Å². The first-order chi connectivity index (χ1) is 11.7. The van der Waals surface area contributed by atoms with E-state index in [4.69, 9.17) is 16.3 Å². The number of hydrogen-bond acceptors (Lipinski definition) is 4. The Hall–Kier alpha value is -1.43. The van der Waals surface area contributed by atoms with Gasteiger partial charge in [-0.1, -0.05) is 23.7 Å². The molecule has 1 aromatic heterocycles. The highest BCUT2D eigenvalue weighted by molar-refractivity contribution is 6.30. The molecule has 0 amide bonds. The number of aromatic nitrogens is 3. The van der Waals surface area contributed by atoms with Gasteiger partial charge in [-0.05, 0) is 37.5 Å². The van der Waals surface area contributed by atoms with E-state index >= 15 is 0 Å². The molecule has 128 valence electrons. The highest BCUT2D eigenvalue weighted by atomic mass is 35.5. The third-order valence-corrected chi connectivity index (χ3v) is 5.30. The van der Waals surface area contributed by atoms with Gasteiger partial charge >= 0.3 is 0 Å². The Labute approximate surface area is 147 Å². The van der Waals surface area contributed by atoms with E-state index in [-0.39, 0.29) is 6.10 Å². The maximum Gasteiger partial charge on any atom is 0.147 e. The zero-order valence-electron chi connectivity index (χ0n) is 14.0. The zero-order chi connectivity index (χ0) is 16.5. The first-order valence-electron chi connectivity index (χ1n) is 8.73. The molecule has 1 aromatic carbocycles. The van der Waals surface area contributed by atoms with Crippen molar-refractivity contribution in [1.82, 2.24) is 19.7 Å². The number of aryl methyl sites for hydroxylation is 1. The Morgan fingerprint density at radius 2 is 2.21 bits per heavy atom. The second-order valence-electron chi connectivity index (χ2n) is 6.80. The molecule has 1 fully saturated rings. The van der Waals surface area contributed by atoms with E-state index in [0.29, 0.717) is 6.04 Å². The summed E-state index contributed by atoms with van der Waals surface area (Å²) in [6.07, 6.45) is 3.56. The lowest BCUT2D eigenvalue weighted by atomic mass is 10.1. The van der Waals surface area contributed by atoms with Gasteiger partial charge in [-0.25, -0.2) is 0 Å². The Bertz CT molecular complexity index is 717. The minimum atomic E-state index is 0.0589. The van der Waals surface area contributed by atoms with Crippen LogP contribution in [0.3, 0.4) is 0 Å². The summed E-state index contributed by atoms with van der Waals surface area (Å²) < 4.78 is 8.36. The average Bonchev–Trinajstić information content (AvgIpc) is 3.00. The van der Waals surface area contributed by atoms with Gasteiger partial charge in [0.1, 0.15) is 11.6 Å². The molecule has 0 aliphatic carbocycles. The predicted molar refractivity (Wildman–Crippen MR) is 93.0 cm³/mol. The zero-order valence-corrected chi connectivity index (χ0v) is 14.7. The molecule has 2 aliphatic rings. The topological polar surface area (TPSA) is 43.2 Å². The number of benzene rings is 1. The SMILES string of the molecule is C[C@H]1CO[C@@H](c2cccc(Cl)c2)CN1Cc1nnc2n1CCCC2. The second kappa shape index (κ2) is 6.82. The quantitative estimate of drug-likeness (QED) is 0.855. The van der Waals surface area contributed by atoms with Crippen molar-refractivity contribution in [2.75, 3.05) is 13.2 Å². The molecule has 2 aromatic rings. The van der Waals surface area contributed by atoms with E-state index in [1.54, 1.807) is 0 Å². The standard InChI is InChI=1S/C18H23ClN4O/c1-13-12-24-16(14-5-4-6-15(19)9-14)10-22(13)11-18-21-20-17-7-2-3-8-23(17)18/h4-6,9,13,16H,2-3,7-8,10-12H2,1H3/t13-,16+/m0/s1. The van der Waals surface area contributed by atoms with Crippen LogP contribution in [0.5, 0.6) is 0 Å². The Morgan fingerprint density at radius 3 is 3.08 bits per heavy atom. The molecule has 5 nitrogen and oxygen atoms in total. The summed E-state index contributed by atoms with van der Waals surface area (Å²) in [5.41, 5.74) is 1.14. The van der Waals surface area contributed by atoms with Gasteiger partial charge in [0.05, 0.1) is 19.3 Å². The van der Waals surface area contributed by atoms with Crippen molar-refractivity contribution in [1.29, 1.82) is 0 Å². The van der Waals surface area contributed by atoms with Crippen molar-refractivity contribution in [3.8, 4) is 0 Å². The molecular formula is C18H23ClN4O. The Morgan fingerprint density at radius 1 is 1.29 bits per heavy atom. The van der Waals surface area contributed by atoms with Gasteiger partial charge in [0.25, 0.3) is 0 Å². The van der Waals surface area contributed by atoms with Gasteiger partial charge in [-0.15, -0.1) is 10.2 Å².